The third-order valence-electron chi connectivity index (χ3n) is 4.09. The molecule has 1 heterocycles. The lowest BCUT2D eigenvalue weighted by molar-refractivity contribution is 0.475. The number of hydrogen-bond donors (Lipinski definition) is 1. The molecule has 0 aliphatic heterocycles. The van der Waals surface area contributed by atoms with Gasteiger partial charge in [0, 0.05) is 22.7 Å². The number of hydrogen-bond acceptors (Lipinski definition) is 4. The highest BCUT2D eigenvalue weighted by Gasteiger charge is 2.06. The van der Waals surface area contributed by atoms with Gasteiger partial charge in [0.1, 0.15) is 5.75 Å². The summed E-state index contributed by atoms with van der Waals surface area (Å²) in [7, 11) is 0. The number of aliphatic imine (C=N–C) groups is 1. The van der Waals surface area contributed by atoms with Gasteiger partial charge >= 0.3 is 0 Å². The first-order valence-corrected chi connectivity index (χ1v) is 8.86. The first kappa shape index (κ1) is 15.5. The lowest BCUT2D eigenvalue weighted by Crippen LogP contribution is -1.85. The van der Waals surface area contributed by atoms with Gasteiger partial charge in [-0.3, -0.25) is 0 Å². The normalized spacial score (nSPS) is 11.4. The maximum Gasteiger partial charge on any atom is 0.209 e. The van der Waals surface area contributed by atoms with Crippen molar-refractivity contribution in [2.45, 2.75) is 6.92 Å². The maximum atomic E-state index is 10.2. The van der Waals surface area contributed by atoms with Crippen molar-refractivity contribution in [2.24, 2.45) is 4.99 Å². The van der Waals surface area contributed by atoms with Gasteiger partial charge in [-0.2, -0.15) is 0 Å². The summed E-state index contributed by atoms with van der Waals surface area (Å²) in [5.41, 5.74) is 3.93. The van der Waals surface area contributed by atoms with Crippen LogP contribution in [-0.4, -0.2) is 16.3 Å². The molecule has 3 aromatic carbocycles. The summed E-state index contributed by atoms with van der Waals surface area (Å²) in [6.45, 7) is 2.07. The molecule has 4 heteroatoms. The summed E-state index contributed by atoms with van der Waals surface area (Å²) in [5, 5.41) is 14.9. The second kappa shape index (κ2) is 6.49. The SMILES string of the molecule is Cc1ccc(-c2csc(/N=C/c3c(O)ccc4ccccc34)n2)cc1. The van der Waals surface area contributed by atoms with Gasteiger partial charge in [0.05, 0.1) is 5.69 Å². The fourth-order valence-corrected chi connectivity index (χ4v) is 3.39. The van der Waals surface area contributed by atoms with Gasteiger partial charge < -0.3 is 5.11 Å². The van der Waals surface area contributed by atoms with Crippen LogP contribution in [0.1, 0.15) is 11.1 Å². The molecule has 0 aliphatic carbocycles. The van der Waals surface area contributed by atoms with E-state index in [1.807, 2.05) is 35.7 Å². The van der Waals surface area contributed by atoms with Crippen molar-refractivity contribution in [3.8, 4) is 17.0 Å². The van der Waals surface area contributed by atoms with Crippen LogP contribution in [0, 0.1) is 6.92 Å². The molecule has 0 saturated heterocycles. The highest BCUT2D eigenvalue weighted by Crippen LogP contribution is 2.29. The first-order valence-electron chi connectivity index (χ1n) is 7.98. The van der Waals surface area contributed by atoms with Gasteiger partial charge in [0.2, 0.25) is 5.13 Å². The van der Waals surface area contributed by atoms with Gasteiger partial charge in [-0.15, -0.1) is 11.3 Å². The third-order valence-corrected chi connectivity index (χ3v) is 4.84. The Kier molecular flexibility index (Phi) is 4.04. The van der Waals surface area contributed by atoms with Gasteiger partial charge in [0.15, 0.2) is 0 Å². The number of aryl methyl sites for hydroxylation is 1. The molecule has 0 atom stereocenters. The van der Waals surface area contributed by atoms with Crippen LogP contribution in [0.5, 0.6) is 5.75 Å². The number of fused-ring (bicyclic) bond motifs is 1. The van der Waals surface area contributed by atoms with Gasteiger partial charge in [0.25, 0.3) is 0 Å². The number of thiazole rings is 1. The Balaban J connectivity index is 1.67. The van der Waals surface area contributed by atoms with Crippen LogP contribution in [0.3, 0.4) is 0 Å². The van der Waals surface area contributed by atoms with Gasteiger partial charge in [-0.1, -0.05) is 60.2 Å². The van der Waals surface area contributed by atoms with Crippen LogP contribution >= 0.6 is 11.3 Å². The summed E-state index contributed by atoms with van der Waals surface area (Å²) in [4.78, 5) is 9.05. The Morgan fingerprint density at radius 3 is 2.64 bits per heavy atom. The molecule has 0 fully saturated rings. The Morgan fingerprint density at radius 2 is 1.80 bits per heavy atom. The van der Waals surface area contributed by atoms with Crippen molar-refractivity contribution >= 4 is 33.5 Å². The highest BCUT2D eigenvalue weighted by atomic mass is 32.1. The average Bonchev–Trinajstić information content (AvgIpc) is 3.10. The van der Waals surface area contributed by atoms with E-state index in [4.69, 9.17) is 0 Å². The number of aromatic hydroxyl groups is 1. The van der Waals surface area contributed by atoms with Crippen LogP contribution < -0.4 is 0 Å². The number of benzene rings is 3. The van der Waals surface area contributed by atoms with Crippen LogP contribution in [0.15, 0.2) is 71.0 Å². The van der Waals surface area contributed by atoms with E-state index in [9.17, 15) is 5.11 Å². The van der Waals surface area contributed by atoms with E-state index in [1.165, 1.54) is 16.9 Å². The van der Waals surface area contributed by atoms with E-state index in [0.29, 0.717) is 10.7 Å². The van der Waals surface area contributed by atoms with Crippen LogP contribution in [0.25, 0.3) is 22.0 Å². The standard InChI is InChI=1S/C21H16N2OS/c1-14-6-8-16(9-7-14)19-13-25-21(23-19)22-12-18-17-5-3-2-4-15(17)10-11-20(18)24/h2-13,24H,1H3/b22-12+. The molecule has 0 unspecified atom stereocenters. The zero-order chi connectivity index (χ0) is 17.2. The molecule has 0 saturated carbocycles. The predicted octanol–water partition coefficient (Wildman–Crippen LogP) is 5.73. The molecule has 4 aromatic rings. The summed E-state index contributed by atoms with van der Waals surface area (Å²) in [6.07, 6.45) is 1.69. The zero-order valence-electron chi connectivity index (χ0n) is 13.7. The van der Waals surface area contributed by atoms with E-state index >= 15 is 0 Å². The Hall–Kier alpha value is -2.98. The monoisotopic (exact) mass is 344 g/mol. The van der Waals surface area contributed by atoms with E-state index in [0.717, 1.165) is 22.0 Å². The highest BCUT2D eigenvalue weighted by molar-refractivity contribution is 7.13. The fraction of sp³-hybridized carbons (Fsp3) is 0.0476. The lowest BCUT2D eigenvalue weighted by atomic mass is 10.0. The topological polar surface area (TPSA) is 45.5 Å². The molecule has 3 nitrogen and oxygen atoms in total. The average molecular weight is 344 g/mol. The predicted molar refractivity (Wildman–Crippen MR) is 105 cm³/mol. The fourth-order valence-electron chi connectivity index (χ4n) is 2.72. The number of phenols is 1. The van der Waals surface area contributed by atoms with Crippen LogP contribution in [-0.2, 0) is 0 Å². The van der Waals surface area contributed by atoms with Crippen LogP contribution in [0.4, 0.5) is 5.13 Å². The minimum atomic E-state index is 0.220. The van der Waals surface area contributed by atoms with Crippen molar-refractivity contribution < 1.29 is 5.11 Å². The molecule has 1 N–H and O–H groups in total. The largest absolute Gasteiger partial charge is 0.507 e. The second-order valence-electron chi connectivity index (χ2n) is 5.86. The van der Waals surface area contributed by atoms with Crippen molar-refractivity contribution in [2.75, 3.05) is 0 Å². The number of phenolic OH excluding ortho intramolecular Hbond substituents is 1. The molecule has 25 heavy (non-hydrogen) atoms. The van der Waals surface area contributed by atoms with Crippen molar-refractivity contribution in [1.29, 1.82) is 0 Å². The van der Waals surface area contributed by atoms with E-state index in [2.05, 4.69) is 41.2 Å². The molecular formula is C21H16N2OS. The molecule has 0 spiro atoms. The summed E-state index contributed by atoms with van der Waals surface area (Å²) >= 11 is 1.49. The first-order chi connectivity index (χ1) is 12.2. The summed E-state index contributed by atoms with van der Waals surface area (Å²) < 4.78 is 0. The van der Waals surface area contributed by atoms with Crippen molar-refractivity contribution in [1.82, 2.24) is 4.98 Å². The van der Waals surface area contributed by atoms with Crippen LogP contribution in [0.2, 0.25) is 0 Å². The van der Waals surface area contributed by atoms with Crippen molar-refractivity contribution in [3.05, 3.63) is 77.2 Å². The second-order valence-corrected chi connectivity index (χ2v) is 6.70. The van der Waals surface area contributed by atoms with Gasteiger partial charge in [-0.05, 0) is 23.8 Å². The quantitative estimate of drug-likeness (QED) is 0.483. The summed E-state index contributed by atoms with van der Waals surface area (Å²) in [6, 6.07) is 19.8. The molecular weight excluding hydrogens is 328 g/mol. The molecule has 122 valence electrons. The molecule has 0 aliphatic rings. The lowest BCUT2D eigenvalue weighted by Gasteiger charge is -2.04. The van der Waals surface area contributed by atoms with Crippen molar-refractivity contribution in [3.63, 3.8) is 0 Å². The Labute approximate surface area is 150 Å². The van der Waals surface area contributed by atoms with E-state index < -0.39 is 0 Å². The molecule has 0 radical (unpaired) electrons. The number of nitrogens with zero attached hydrogens (tertiary/aromatic N) is 2. The Morgan fingerprint density at radius 1 is 1.00 bits per heavy atom. The summed E-state index contributed by atoms with van der Waals surface area (Å²) in [5.74, 6) is 0.220. The molecule has 0 bridgehead atoms. The zero-order valence-corrected chi connectivity index (χ0v) is 14.5. The van der Waals surface area contributed by atoms with E-state index in [-0.39, 0.29) is 5.75 Å². The number of rotatable bonds is 3. The molecule has 0 amide bonds. The van der Waals surface area contributed by atoms with E-state index in [1.54, 1.807) is 12.3 Å². The third kappa shape index (κ3) is 3.16. The Bertz CT molecular complexity index is 1060. The molecule has 4 rings (SSSR count). The minimum absolute atomic E-state index is 0.220. The maximum absolute atomic E-state index is 10.2. The molecule has 1 aromatic heterocycles. The van der Waals surface area contributed by atoms with Gasteiger partial charge in [-0.25, -0.2) is 9.98 Å². The minimum Gasteiger partial charge on any atom is -0.507 e. The number of aromatic nitrogens is 1. The smallest absolute Gasteiger partial charge is 0.209 e.